The van der Waals surface area contributed by atoms with Crippen molar-refractivity contribution in [1.29, 1.82) is 0 Å². The lowest BCUT2D eigenvalue weighted by atomic mass is 10.1. The zero-order valence-electron chi connectivity index (χ0n) is 14.5. The second kappa shape index (κ2) is 8.18. The largest absolute Gasteiger partial charge is 0.477 e. The lowest BCUT2D eigenvalue weighted by molar-refractivity contribution is -0.139. The Kier molecular flexibility index (Phi) is 6.22. The molecule has 0 radical (unpaired) electrons. The minimum atomic E-state index is -4.56. The number of alkyl halides is 3. The van der Waals surface area contributed by atoms with E-state index in [1.807, 2.05) is 38.1 Å². The maximum absolute atomic E-state index is 13.1. The molecule has 4 nitrogen and oxygen atoms in total. The predicted molar refractivity (Wildman–Crippen MR) is 91.1 cm³/mol. The predicted octanol–water partition coefficient (Wildman–Crippen LogP) is 5.23. The molecule has 1 heterocycles. The van der Waals surface area contributed by atoms with Crippen LogP contribution >= 0.6 is 0 Å². The van der Waals surface area contributed by atoms with Gasteiger partial charge >= 0.3 is 6.18 Å². The summed E-state index contributed by atoms with van der Waals surface area (Å²) in [4.78, 5) is 7.67. The second-order valence-corrected chi connectivity index (χ2v) is 6.19. The van der Waals surface area contributed by atoms with Crippen molar-refractivity contribution in [2.45, 2.75) is 39.8 Å². The molecule has 0 fully saturated rings. The van der Waals surface area contributed by atoms with Crippen molar-refractivity contribution in [2.24, 2.45) is 5.92 Å². The maximum Gasteiger partial charge on any atom is 0.423 e. The van der Waals surface area contributed by atoms with E-state index in [1.165, 1.54) is 5.56 Å². The van der Waals surface area contributed by atoms with Gasteiger partial charge in [-0.2, -0.15) is 18.2 Å². The Morgan fingerprint density at radius 2 is 1.84 bits per heavy atom. The molecule has 0 saturated carbocycles. The van der Waals surface area contributed by atoms with Gasteiger partial charge in [0, 0.05) is 11.9 Å². The SMILES string of the molecule is CCCc1ccc(Nc2ncc(C(F)(F)F)c(OCC(C)C)n2)cc1. The molecule has 25 heavy (non-hydrogen) atoms. The Hall–Kier alpha value is -2.31. The molecule has 0 spiro atoms. The van der Waals surface area contributed by atoms with E-state index in [0.29, 0.717) is 5.69 Å². The van der Waals surface area contributed by atoms with Crippen LogP contribution < -0.4 is 10.1 Å². The Morgan fingerprint density at radius 1 is 1.16 bits per heavy atom. The molecule has 2 rings (SSSR count). The molecule has 0 atom stereocenters. The van der Waals surface area contributed by atoms with E-state index >= 15 is 0 Å². The summed E-state index contributed by atoms with van der Waals surface area (Å²) >= 11 is 0. The summed E-state index contributed by atoms with van der Waals surface area (Å²) in [6.45, 7) is 5.95. The molecule has 1 aromatic heterocycles. The lowest BCUT2D eigenvalue weighted by Crippen LogP contribution is -2.14. The van der Waals surface area contributed by atoms with Crippen LogP contribution in [-0.4, -0.2) is 16.6 Å². The first kappa shape index (κ1) is 19.0. The molecule has 1 N–H and O–H groups in total. The van der Waals surface area contributed by atoms with Crippen molar-refractivity contribution in [1.82, 2.24) is 9.97 Å². The van der Waals surface area contributed by atoms with Crippen LogP contribution in [0.1, 0.15) is 38.3 Å². The van der Waals surface area contributed by atoms with Gasteiger partial charge in [-0.25, -0.2) is 4.98 Å². The first-order valence-corrected chi connectivity index (χ1v) is 8.22. The number of aromatic nitrogens is 2. The first-order valence-electron chi connectivity index (χ1n) is 8.22. The maximum atomic E-state index is 13.1. The van der Waals surface area contributed by atoms with Crippen LogP contribution in [0.5, 0.6) is 5.88 Å². The van der Waals surface area contributed by atoms with E-state index in [0.717, 1.165) is 19.0 Å². The quantitative estimate of drug-likeness (QED) is 0.741. The number of ether oxygens (including phenoxy) is 1. The molecule has 136 valence electrons. The van der Waals surface area contributed by atoms with Crippen molar-refractivity contribution < 1.29 is 17.9 Å². The first-order chi connectivity index (χ1) is 11.8. The van der Waals surface area contributed by atoms with Gasteiger partial charge in [0.1, 0.15) is 5.56 Å². The summed E-state index contributed by atoms with van der Waals surface area (Å²) < 4.78 is 44.4. The fourth-order valence-corrected chi connectivity index (χ4v) is 2.15. The van der Waals surface area contributed by atoms with Gasteiger partial charge in [0.05, 0.1) is 6.61 Å². The van der Waals surface area contributed by atoms with Gasteiger partial charge in [0.15, 0.2) is 0 Å². The summed E-state index contributed by atoms with van der Waals surface area (Å²) in [5, 5.41) is 2.91. The van der Waals surface area contributed by atoms with Gasteiger partial charge < -0.3 is 10.1 Å². The average Bonchev–Trinajstić information content (AvgIpc) is 2.54. The number of nitrogens with zero attached hydrogens (tertiary/aromatic N) is 2. The Morgan fingerprint density at radius 3 is 2.40 bits per heavy atom. The highest BCUT2D eigenvalue weighted by molar-refractivity contribution is 5.54. The molecular formula is C18H22F3N3O. The van der Waals surface area contributed by atoms with Crippen LogP contribution in [0.4, 0.5) is 24.8 Å². The third-order valence-electron chi connectivity index (χ3n) is 3.36. The van der Waals surface area contributed by atoms with E-state index in [1.54, 1.807) is 0 Å². The van der Waals surface area contributed by atoms with E-state index in [2.05, 4.69) is 22.2 Å². The van der Waals surface area contributed by atoms with Crippen molar-refractivity contribution in [3.8, 4) is 5.88 Å². The van der Waals surface area contributed by atoms with E-state index in [-0.39, 0.29) is 18.5 Å². The normalized spacial score (nSPS) is 11.6. The third-order valence-corrected chi connectivity index (χ3v) is 3.36. The zero-order chi connectivity index (χ0) is 18.4. The van der Waals surface area contributed by atoms with Gasteiger partial charge in [-0.1, -0.05) is 39.3 Å². The van der Waals surface area contributed by atoms with Crippen LogP contribution in [0.25, 0.3) is 0 Å². The van der Waals surface area contributed by atoms with Gasteiger partial charge in [0.2, 0.25) is 11.8 Å². The van der Waals surface area contributed by atoms with Crippen LogP contribution in [-0.2, 0) is 12.6 Å². The van der Waals surface area contributed by atoms with Crippen molar-refractivity contribution in [2.75, 3.05) is 11.9 Å². The number of hydrogen-bond acceptors (Lipinski definition) is 4. The fraction of sp³-hybridized carbons (Fsp3) is 0.444. The number of aryl methyl sites for hydroxylation is 1. The summed E-state index contributed by atoms with van der Waals surface area (Å²) in [6, 6.07) is 7.62. The van der Waals surface area contributed by atoms with Crippen LogP contribution in [0.2, 0.25) is 0 Å². The zero-order valence-corrected chi connectivity index (χ0v) is 14.5. The Labute approximate surface area is 145 Å². The molecule has 0 saturated heterocycles. The topological polar surface area (TPSA) is 47.0 Å². The van der Waals surface area contributed by atoms with Crippen LogP contribution in [0.15, 0.2) is 30.5 Å². The third kappa shape index (κ3) is 5.62. The highest BCUT2D eigenvalue weighted by Crippen LogP contribution is 2.35. The minimum Gasteiger partial charge on any atom is -0.477 e. The van der Waals surface area contributed by atoms with Crippen molar-refractivity contribution in [3.05, 3.63) is 41.6 Å². The number of benzene rings is 1. The molecule has 0 aliphatic carbocycles. The number of nitrogens with one attached hydrogen (secondary N) is 1. The number of hydrogen-bond donors (Lipinski definition) is 1. The summed E-state index contributed by atoms with van der Waals surface area (Å²) in [5.74, 6) is -0.310. The molecule has 0 bridgehead atoms. The standard InChI is InChI=1S/C18H22F3N3O/c1-4-5-13-6-8-14(9-7-13)23-17-22-10-15(18(19,20)21)16(24-17)25-11-12(2)3/h6-10,12H,4-5,11H2,1-3H3,(H,22,23,24). The van der Waals surface area contributed by atoms with Gasteiger partial charge in [-0.15, -0.1) is 0 Å². The highest BCUT2D eigenvalue weighted by atomic mass is 19.4. The van der Waals surface area contributed by atoms with Gasteiger partial charge in [-0.05, 0) is 30.0 Å². The second-order valence-electron chi connectivity index (χ2n) is 6.19. The summed E-state index contributed by atoms with van der Waals surface area (Å²) in [7, 11) is 0. The summed E-state index contributed by atoms with van der Waals surface area (Å²) in [5.41, 5.74) is 0.925. The fourth-order valence-electron chi connectivity index (χ4n) is 2.15. The van der Waals surface area contributed by atoms with Crippen LogP contribution in [0, 0.1) is 5.92 Å². The molecule has 2 aromatic rings. The molecular weight excluding hydrogens is 331 g/mol. The minimum absolute atomic E-state index is 0.0648. The average molecular weight is 353 g/mol. The molecule has 0 amide bonds. The Balaban J connectivity index is 2.21. The van der Waals surface area contributed by atoms with Crippen LogP contribution in [0.3, 0.4) is 0 Å². The van der Waals surface area contributed by atoms with Crippen molar-refractivity contribution in [3.63, 3.8) is 0 Å². The highest BCUT2D eigenvalue weighted by Gasteiger charge is 2.36. The van der Waals surface area contributed by atoms with E-state index in [9.17, 15) is 13.2 Å². The van der Waals surface area contributed by atoms with Crippen molar-refractivity contribution >= 4 is 11.6 Å². The molecule has 7 heteroatoms. The van der Waals surface area contributed by atoms with Gasteiger partial charge in [-0.3, -0.25) is 0 Å². The molecule has 0 unspecified atom stereocenters. The Bertz CT molecular complexity index is 685. The number of rotatable bonds is 7. The molecule has 0 aliphatic heterocycles. The lowest BCUT2D eigenvalue weighted by Gasteiger charge is -2.15. The smallest absolute Gasteiger partial charge is 0.423 e. The number of halogens is 3. The number of anilines is 2. The molecule has 0 aliphatic rings. The van der Waals surface area contributed by atoms with E-state index in [4.69, 9.17) is 4.74 Å². The van der Waals surface area contributed by atoms with Gasteiger partial charge in [0.25, 0.3) is 0 Å². The van der Waals surface area contributed by atoms with E-state index < -0.39 is 17.6 Å². The molecule has 1 aromatic carbocycles. The monoisotopic (exact) mass is 353 g/mol. The summed E-state index contributed by atoms with van der Waals surface area (Å²) in [6.07, 6.45) is -1.79.